The fourth-order valence-electron chi connectivity index (χ4n) is 0.507. The molecule has 2 atom stereocenters. The molecule has 2 N–H and O–H groups in total. The third-order valence-electron chi connectivity index (χ3n) is 1.19. The molecule has 6 heavy (non-hydrogen) atoms. The molecule has 0 aromatic carbocycles. The van der Waals surface area contributed by atoms with Crippen molar-refractivity contribution in [3.8, 4) is 0 Å². The van der Waals surface area contributed by atoms with Crippen molar-refractivity contribution >= 4 is 0 Å². The average Bonchev–Trinajstić information content (AvgIpc) is 2.19. The molecule has 1 fully saturated rings. The maximum Gasteiger partial charge on any atom is 0.0109 e. The molecule has 1 saturated carbocycles. The van der Waals surface area contributed by atoms with Crippen molar-refractivity contribution in [3.05, 3.63) is 12.7 Å². The third-order valence-corrected chi connectivity index (χ3v) is 1.19. The van der Waals surface area contributed by atoms with Gasteiger partial charge in [0, 0.05) is 6.04 Å². The maximum atomic E-state index is 5.41. The van der Waals surface area contributed by atoms with E-state index in [2.05, 4.69) is 6.58 Å². The predicted octanol–water partition coefficient (Wildman–Crippen LogP) is 0.520. The van der Waals surface area contributed by atoms with E-state index < -0.39 is 0 Å². The summed E-state index contributed by atoms with van der Waals surface area (Å²) in [6, 6.07) is 0.447. The van der Waals surface area contributed by atoms with E-state index in [-0.39, 0.29) is 0 Å². The van der Waals surface area contributed by atoms with Gasteiger partial charge in [-0.25, -0.2) is 0 Å². The fourth-order valence-corrected chi connectivity index (χ4v) is 0.507. The molecule has 1 aliphatic carbocycles. The van der Waals surface area contributed by atoms with Crippen molar-refractivity contribution in [3.63, 3.8) is 0 Å². The Morgan fingerprint density at radius 2 is 2.33 bits per heavy atom. The van der Waals surface area contributed by atoms with Gasteiger partial charge in [0.2, 0.25) is 0 Å². The normalized spacial score (nSPS) is 42.2. The Morgan fingerprint density at radius 3 is 2.33 bits per heavy atom. The zero-order valence-electron chi connectivity index (χ0n) is 3.72. The largest absolute Gasteiger partial charge is 0.327 e. The molecule has 34 valence electrons. The number of nitrogens with two attached hydrogens (primary N) is 1. The molecule has 1 rings (SSSR count). The van der Waals surface area contributed by atoms with Gasteiger partial charge in [-0.2, -0.15) is 0 Å². The molecule has 1 unspecified atom stereocenters. The first-order valence-electron chi connectivity index (χ1n) is 2.22. The van der Waals surface area contributed by atoms with Gasteiger partial charge in [-0.05, 0) is 12.3 Å². The summed E-state index contributed by atoms with van der Waals surface area (Å²) in [6.45, 7) is 3.59. The first-order valence-corrected chi connectivity index (χ1v) is 2.22. The lowest BCUT2D eigenvalue weighted by molar-refractivity contribution is 0.978. The first-order chi connectivity index (χ1) is 2.84. The molecule has 1 nitrogen and oxygen atoms in total. The van der Waals surface area contributed by atoms with Crippen molar-refractivity contribution in [2.75, 3.05) is 0 Å². The second-order valence-corrected chi connectivity index (χ2v) is 1.80. The van der Waals surface area contributed by atoms with E-state index in [0.717, 1.165) is 6.42 Å². The Labute approximate surface area is 37.8 Å². The van der Waals surface area contributed by atoms with Crippen LogP contribution in [0.15, 0.2) is 12.7 Å². The van der Waals surface area contributed by atoms with Crippen molar-refractivity contribution in [2.45, 2.75) is 12.5 Å². The van der Waals surface area contributed by atoms with Crippen LogP contribution in [0.5, 0.6) is 0 Å². The van der Waals surface area contributed by atoms with Crippen LogP contribution in [0.1, 0.15) is 6.42 Å². The highest BCUT2D eigenvalue weighted by Crippen LogP contribution is 2.27. The molecule has 0 saturated heterocycles. The van der Waals surface area contributed by atoms with Crippen molar-refractivity contribution < 1.29 is 0 Å². The van der Waals surface area contributed by atoms with Gasteiger partial charge in [-0.3, -0.25) is 0 Å². The molecule has 1 aliphatic rings. The SMILES string of the molecule is C=CC1C[C@H]1N. The summed E-state index contributed by atoms with van der Waals surface area (Å²) in [5.41, 5.74) is 5.41. The van der Waals surface area contributed by atoms with Crippen LogP contribution in [0.2, 0.25) is 0 Å². The summed E-state index contributed by atoms with van der Waals surface area (Å²) in [7, 11) is 0. The minimum Gasteiger partial charge on any atom is -0.327 e. The molecule has 0 amide bonds. The van der Waals surface area contributed by atoms with E-state index >= 15 is 0 Å². The number of rotatable bonds is 1. The molecule has 0 aromatic rings. The Hall–Kier alpha value is -0.300. The van der Waals surface area contributed by atoms with Crippen LogP contribution in [-0.4, -0.2) is 6.04 Å². The average molecular weight is 83.1 g/mol. The Balaban J connectivity index is 2.25. The van der Waals surface area contributed by atoms with Crippen molar-refractivity contribution in [1.29, 1.82) is 0 Å². The van der Waals surface area contributed by atoms with E-state index in [1.807, 2.05) is 6.08 Å². The van der Waals surface area contributed by atoms with Gasteiger partial charge >= 0.3 is 0 Å². The Bertz CT molecular complexity index is 68.3. The molecule has 0 radical (unpaired) electrons. The molecule has 0 bridgehead atoms. The molecule has 0 heterocycles. The van der Waals surface area contributed by atoms with Gasteiger partial charge in [0.15, 0.2) is 0 Å². The monoisotopic (exact) mass is 83.1 g/mol. The molecular formula is C5H9N. The first kappa shape index (κ1) is 3.88. The third kappa shape index (κ3) is 0.455. The summed E-state index contributed by atoms with van der Waals surface area (Å²) in [4.78, 5) is 0. The highest BCUT2D eigenvalue weighted by atomic mass is 14.7. The number of hydrogen-bond acceptors (Lipinski definition) is 1. The van der Waals surface area contributed by atoms with Crippen molar-refractivity contribution in [2.24, 2.45) is 11.7 Å². The second-order valence-electron chi connectivity index (χ2n) is 1.80. The van der Waals surface area contributed by atoms with Crippen LogP contribution in [0, 0.1) is 5.92 Å². The summed E-state index contributed by atoms with van der Waals surface area (Å²) >= 11 is 0. The van der Waals surface area contributed by atoms with E-state index in [1.165, 1.54) is 0 Å². The van der Waals surface area contributed by atoms with Crippen LogP contribution < -0.4 is 5.73 Å². The highest BCUT2D eigenvalue weighted by Gasteiger charge is 2.29. The Kier molecular flexibility index (Phi) is 0.701. The van der Waals surface area contributed by atoms with Gasteiger partial charge in [0.1, 0.15) is 0 Å². The lowest BCUT2D eigenvalue weighted by Crippen LogP contribution is -1.99. The Morgan fingerprint density at radius 1 is 1.83 bits per heavy atom. The molecule has 1 heteroatoms. The highest BCUT2D eigenvalue weighted by molar-refractivity contribution is 5.00. The van der Waals surface area contributed by atoms with Gasteiger partial charge < -0.3 is 5.73 Å². The summed E-state index contributed by atoms with van der Waals surface area (Å²) in [5, 5.41) is 0. The van der Waals surface area contributed by atoms with Crippen LogP contribution in [0.4, 0.5) is 0 Å². The van der Waals surface area contributed by atoms with E-state index in [4.69, 9.17) is 5.73 Å². The van der Waals surface area contributed by atoms with E-state index in [9.17, 15) is 0 Å². The van der Waals surface area contributed by atoms with Gasteiger partial charge in [0.05, 0.1) is 0 Å². The van der Waals surface area contributed by atoms with Crippen LogP contribution in [0.25, 0.3) is 0 Å². The lowest BCUT2D eigenvalue weighted by Gasteiger charge is -1.73. The van der Waals surface area contributed by atoms with E-state index in [0.29, 0.717) is 12.0 Å². The minimum atomic E-state index is 0.447. The predicted molar refractivity (Wildman–Crippen MR) is 26.3 cm³/mol. The van der Waals surface area contributed by atoms with Crippen LogP contribution >= 0.6 is 0 Å². The molecule has 0 aromatic heterocycles. The molecular weight excluding hydrogens is 74.1 g/mol. The zero-order valence-corrected chi connectivity index (χ0v) is 3.72. The number of hydrogen-bond donors (Lipinski definition) is 1. The topological polar surface area (TPSA) is 26.0 Å². The quantitative estimate of drug-likeness (QED) is 0.459. The molecule has 0 aliphatic heterocycles. The van der Waals surface area contributed by atoms with Gasteiger partial charge in [-0.15, -0.1) is 6.58 Å². The van der Waals surface area contributed by atoms with Crippen molar-refractivity contribution in [1.82, 2.24) is 0 Å². The second kappa shape index (κ2) is 1.09. The summed E-state index contributed by atoms with van der Waals surface area (Å²) in [5.74, 6) is 0.644. The van der Waals surface area contributed by atoms with Gasteiger partial charge in [0.25, 0.3) is 0 Å². The van der Waals surface area contributed by atoms with Crippen LogP contribution in [-0.2, 0) is 0 Å². The summed E-state index contributed by atoms with van der Waals surface area (Å²) < 4.78 is 0. The standard InChI is InChI=1S/C5H9N/c1-2-4-3-5(4)6/h2,4-5H,1,3,6H2/t4?,5-/m1/s1. The summed E-state index contributed by atoms with van der Waals surface area (Å²) in [6.07, 6.45) is 3.08. The smallest absolute Gasteiger partial charge is 0.0109 e. The fraction of sp³-hybridized carbons (Fsp3) is 0.600. The van der Waals surface area contributed by atoms with E-state index in [1.54, 1.807) is 0 Å². The minimum absolute atomic E-state index is 0.447. The van der Waals surface area contributed by atoms with Gasteiger partial charge in [-0.1, -0.05) is 6.08 Å². The van der Waals surface area contributed by atoms with Crippen LogP contribution in [0.3, 0.4) is 0 Å². The maximum absolute atomic E-state index is 5.41. The zero-order chi connectivity index (χ0) is 4.57. The molecule has 0 spiro atoms. The lowest BCUT2D eigenvalue weighted by atomic mass is 10.4.